The molecule has 0 aromatic carbocycles. The minimum Gasteiger partial charge on any atom is -0.275 e. The minimum absolute atomic E-state index is 0.0673. The standard InChI is InChI=1S/C21H21ClF2N8/c1-10-13(8-30(3)27-10)18-17(22)19(14-9-31(4)28-11(14)2)32(29-18)21-25-15(12-5-6-12)7-16(26-21)20(23)24/h7-9,12,20H,5-6H2,1-4H3. The van der Waals surface area contributed by atoms with Crippen LogP contribution in [0.4, 0.5) is 8.78 Å². The zero-order valence-corrected chi connectivity index (χ0v) is 18.8. The number of alkyl halides is 2. The largest absolute Gasteiger partial charge is 0.280 e. The summed E-state index contributed by atoms with van der Waals surface area (Å²) in [6.45, 7) is 3.71. The van der Waals surface area contributed by atoms with E-state index in [0.29, 0.717) is 22.1 Å². The highest BCUT2D eigenvalue weighted by Gasteiger charge is 2.30. The quantitative estimate of drug-likeness (QED) is 0.438. The first-order chi connectivity index (χ1) is 15.2. The Morgan fingerprint density at radius 1 is 0.969 bits per heavy atom. The Morgan fingerprint density at radius 3 is 2.12 bits per heavy atom. The number of hydrogen-bond acceptors (Lipinski definition) is 5. The van der Waals surface area contributed by atoms with Gasteiger partial charge < -0.3 is 0 Å². The Hall–Kier alpha value is -3.14. The van der Waals surface area contributed by atoms with Crippen molar-refractivity contribution in [2.75, 3.05) is 0 Å². The number of rotatable bonds is 5. The van der Waals surface area contributed by atoms with E-state index in [9.17, 15) is 8.78 Å². The van der Waals surface area contributed by atoms with Crippen molar-refractivity contribution in [2.45, 2.75) is 39.0 Å². The maximum Gasteiger partial charge on any atom is 0.280 e. The molecule has 0 saturated heterocycles. The van der Waals surface area contributed by atoms with Gasteiger partial charge in [-0.05, 0) is 32.8 Å². The highest BCUT2D eigenvalue weighted by atomic mass is 35.5. The Kier molecular flexibility index (Phi) is 4.85. The van der Waals surface area contributed by atoms with Crippen molar-refractivity contribution in [3.8, 4) is 28.5 Å². The predicted octanol–water partition coefficient (Wildman–Crippen LogP) is 4.55. The monoisotopic (exact) mass is 458 g/mol. The van der Waals surface area contributed by atoms with Gasteiger partial charge in [0, 0.05) is 49.2 Å². The van der Waals surface area contributed by atoms with Crippen molar-refractivity contribution >= 4 is 11.6 Å². The molecule has 5 rings (SSSR count). The molecule has 4 aromatic heterocycles. The van der Waals surface area contributed by atoms with Crippen LogP contribution >= 0.6 is 11.6 Å². The second kappa shape index (κ2) is 7.47. The number of hydrogen-bond donors (Lipinski definition) is 0. The fourth-order valence-electron chi connectivity index (χ4n) is 3.88. The average molecular weight is 459 g/mol. The SMILES string of the molecule is Cc1nn(C)cc1-c1nn(-c2nc(C(F)F)cc(C3CC3)n2)c(-c2cn(C)nc2C)c1Cl. The molecular formula is C21H21ClF2N8. The first-order valence-corrected chi connectivity index (χ1v) is 10.6. The number of aromatic nitrogens is 8. The zero-order valence-electron chi connectivity index (χ0n) is 18.0. The molecule has 0 aliphatic heterocycles. The molecule has 1 aliphatic rings. The van der Waals surface area contributed by atoms with Crippen LogP contribution in [0.2, 0.25) is 5.02 Å². The lowest BCUT2D eigenvalue weighted by atomic mass is 10.1. The summed E-state index contributed by atoms with van der Waals surface area (Å²) in [5, 5.41) is 13.8. The maximum atomic E-state index is 13.7. The van der Waals surface area contributed by atoms with Crippen molar-refractivity contribution in [1.29, 1.82) is 0 Å². The highest BCUT2D eigenvalue weighted by Crippen LogP contribution is 2.42. The molecule has 0 N–H and O–H groups in total. The molecular weight excluding hydrogens is 438 g/mol. The van der Waals surface area contributed by atoms with Crippen molar-refractivity contribution in [3.63, 3.8) is 0 Å². The molecule has 11 heteroatoms. The lowest BCUT2D eigenvalue weighted by molar-refractivity contribution is 0.145. The van der Waals surface area contributed by atoms with Crippen LogP contribution in [0, 0.1) is 13.8 Å². The van der Waals surface area contributed by atoms with Crippen molar-refractivity contribution < 1.29 is 8.78 Å². The number of halogens is 3. The fraction of sp³-hybridized carbons (Fsp3) is 0.381. The Balaban J connectivity index is 1.79. The molecule has 32 heavy (non-hydrogen) atoms. The van der Waals surface area contributed by atoms with Crippen LogP contribution in [0.15, 0.2) is 18.5 Å². The summed E-state index contributed by atoms with van der Waals surface area (Å²) in [6.07, 6.45) is 2.76. The van der Waals surface area contributed by atoms with E-state index in [4.69, 9.17) is 16.7 Å². The number of aryl methyl sites for hydroxylation is 4. The van der Waals surface area contributed by atoms with Gasteiger partial charge >= 0.3 is 0 Å². The summed E-state index contributed by atoms with van der Waals surface area (Å²) in [5.74, 6) is 0.238. The summed E-state index contributed by atoms with van der Waals surface area (Å²) in [6, 6.07) is 1.39. The van der Waals surface area contributed by atoms with Crippen molar-refractivity contribution in [1.82, 2.24) is 39.3 Å². The molecule has 0 amide bonds. The van der Waals surface area contributed by atoms with Gasteiger partial charge in [0.15, 0.2) is 0 Å². The van der Waals surface area contributed by atoms with Gasteiger partial charge in [-0.2, -0.15) is 20.0 Å². The van der Waals surface area contributed by atoms with Gasteiger partial charge in [0.05, 0.1) is 16.4 Å². The van der Waals surface area contributed by atoms with E-state index < -0.39 is 6.43 Å². The Morgan fingerprint density at radius 2 is 1.59 bits per heavy atom. The molecule has 166 valence electrons. The van der Waals surface area contributed by atoms with Crippen LogP contribution in [0.5, 0.6) is 0 Å². The van der Waals surface area contributed by atoms with Crippen LogP contribution < -0.4 is 0 Å². The molecule has 0 radical (unpaired) electrons. The second-order valence-electron chi connectivity index (χ2n) is 8.12. The van der Waals surface area contributed by atoms with Gasteiger partial charge in [0.2, 0.25) is 0 Å². The molecule has 0 bridgehead atoms. The fourth-order valence-corrected chi connectivity index (χ4v) is 4.20. The molecule has 0 atom stereocenters. The summed E-state index contributed by atoms with van der Waals surface area (Å²) in [7, 11) is 3.61. The summed E-state index contributed by atoms with van der Waals surface area (Å²) in [4.78, 5) is 8.74. The van der Waals surface area contributed by atoms with Gasteiger partial charge in [-0.15, -0.1) is 0 Å². The van der Waals surface area contributed by atoms with Gasteiger partial charge in [-0.25, -0.2) is 18.7 Å². The third-order valence-electron chi connectivity index (χ3n) is 5.53. The Bertz CT molecular complexity index is 1310. The van der Waals surface area contributed by atoms with Gasteiger partial charge in [-0.3, -0.25) is 9.36 Å². The normalized spacial score (nSPS) is 14.0. The third kappa shape index (κ3) is 3.48. The minimum atomic E-state index is -2.72. The highest BCUT2D eigenvalue weighted by molar-refractivity contribution is 6.35. The molecule has 1 saturated carbocycles. The molecule has 4 aromatic rings. The van der Waals surface area contributed by atoms with E-state index in [2.05, 4.69) is 20.2 Å². The molecule has 0 spiro atoms. The van der Waals surface area contributed by atoms with E-state index in [0.717, 1.165) is 35.4 Å². The van der Waals surface area contributed by atoms with Crippen molar-refractivity contribution in [2.24, 2.45) is 14.1 Å². The van der Waals surface area contributed by atoms with Crippen LogP contribution in [0.3, 0.4) is 0 Å². The summed E-state index contributed by atoms with van der Waals surface area (Å²) >= 11 is 6.87. The lowest BCUT2D eigenvalue weighted by Gasteiger charge is -2.10. The molecule has 1 aliphatic carbocycles. The van der Waals surface area contributed by atoms with E-state index in [-0.39, 0.29) is 17.6 Å². The van der Waals surface area contributed by atoms with Crippen molar-refractivity contribution in [3.05, 3.63) is 46.3 Å². The van der Waals surface area contributed by atoms with Crippen LogP contribution in [-0.4, -0.2) is 39.3 Å². The third-order valence-corrected chi connectivity index (χ3v) is 5.89. The summed E-state index contributed by atoms with van der Waals surface area (Å²) in [5.41, 5.74) is 4.19. The van der Waals surface area contributed by atoms with Gasteiger partial charge in [0.1, 0.15) is 17.1 Å². The van der Waals surface area contributed by atoms with E-state index in [1.165, 1.54) is 10.7 Å². The maximum absolute atomic E-state index is 13.7. The second-order valence-corrected chi connectivity index (χ2v) is 8.50. The summed E-state index contributed by atoms with van der Waals surface area (Å²) < 4.78 is 32.1. The first-order valence-electron chi connectivity index (χ1n) is 10.2. The van der Waals surface area contributed by atoms with E-state index >= 15 is 0 Å². The topological polar surface area (TPSA) is 79.2 Å². The smallest absolute Gasteiger partial charge is 0.275 e. The number of nitrogens with zero attached hydrogens (tertiary/aromatic N) is 8. The lowest BCUT2D eigenvalue weighted by Crippen LogP contribution is -2.09. The average Bonchev–Trinajstić information content (AvgIpc) is 3.36. The molecule has 0 unspecified atom stereocenters. The first kappa shape index (κ1) is 20.7. The van der Waals surface area contributed by atoms with Gasteiger partial charge in [-0.1, -0.05) is 11.6 Å². The van der Waals surface area contributed by atoms with Crippen LogP contribution in [-0.2, 0) is 14.1 Å². The van der Waals surface area contributed by atoms with Crippen LogP contribution in [0.1, 0.15) is 48.0 Å². The van der Waals surface area contributed by atoms with E-state index in [1.807, 2.05) is 33.3 Å². The molecule has 8 nitrogen and oxygen atoms in total. The Labute approximate surface area is 187 Å². The zero-order chi connectivity index (χ0) is 22.7. The molecule has 1 fully saturated rings. The predicted molar refractivity (Wildman–Crippen MR) is 115 cm³/mol. The van der Waals surface area contributed by atoms with E-state index in [1.54, 1.807) is 16.4 Å². The molecule has 4 heterocycles. The van der Waals surface area contributed by atoms with Gasteiger partial charge in [0.25, 0.3) is 12.4 Å². The van der Waals surface area contributed by atoms with Crippen LogP contribution in [0.25, 0.3) is 28.5 Å².